The summed E-state index contributed by atoms with van der Waals surface area (Å²) in [6.45, 7) is 3.97. The second kappa shape index (κ2) is 7.81. The standard InChI is InChI=1S/C22H22ClN3O3S/c1-14-13-21(15(2)26(14)19-9-10-19)22(27)24-17-7-11-20(12-8-17)30(28,29)25-18-5-3-16(23)4-6-18/h3-8,11-13,19,25H,9-10H2,1-2H3,(H,24,27). The average molecular weight is 444 g/mol. The minimum atomic E-state index is -3.74. The molecular weight excluding hydrogens is 422 g/mol. The van der Waals surface area contributed by atoms with Crippen molar-refractivity contribution in [3.05, 3.63) is 76.6 Å². The quantitative estimate of drug-likeness (QED) is 0.553. The zero-order valence-corrected chi connectivity index (χ0v) is 18.2. The summed E-state index contributed by atoms with van der Waals surface area (Å²) in [5, 5.41) is 3.38. The molecular formula is C22H22ClN3O3S. The minimum Gasteiger partial charge on any atom is -0.345 e. The second-order valence-corrected chi connectivity index (χ2v) is 9.60. The number of nitrogens with one attached hydrogen (secondary N) is 2. The van der Waals surface area contributed by atoms with Gasteiger partial charge in [-0.15, -0.1) is 0 Å². The van der Waals surface area contributed by atoms with Crippen molar-refractivity contribution in [1.82, 2.24) is 4.57 Å². The number of nitrogens with zero attached hydrogens (tertiary/aromatic N) is 1. The molecule has 1 saturated carbocycles. The van der Waals surface area contributed by atoms with Gasteiger partial charge in [0.25, 0.3) is 15.9 Å². The fourth-order valence-electron chi connectivity index (χ4n) is 3.55. The number of anilines is 2. The smallest absolute Gasteiger partial charge is 0.261 e. The Morgan fingerprint density at radius 2 is 1.60 bits per heavy atom. The van der Waals surface area contributed by atoms with E-state index in [1.165, 1.54) is 12.1 Å². The van der Waals surface area contributed by atoms with E-state index in [4.69, 9.17) is 11.6 Å². The van der Waals surface area contributed by atoms with Crippen molar-refractivity contribution in [2.24, 2.45) is 0 Å². The van der Waals surface area contributed by atoms with Crippen LogP contribution in [0.2, 0.25) is 5.02 Å². The molecule has 2 aromatic carbocycles. The molecule has 1 aliphatic carbocycles. The Bertz CT molecular complexity index is 1200. The van der Waals surface area contributed by atoms with Crippen LogP contribution in [0.5, 0.6) is 0 Å². The van der Waals surface area contributed by atoms with Crippen molar-refractivity contribution in [1.29, 1.82) is 0 Å². The summed E-state index contributed by atoms with van der Waals surface area (Å²) in [6.07, 6.45) is 2.30. The highest BCUT2D eigenvalue weighted by Crippen LogP contribution is 2.38. The molecule has 2 N–H and O–H groups in total. The van der Waals surface area contributed by atoms with Crippen molar-refractivity contribution in [3.63, 3.8) is 0 Å². The predicted molar refractivity (Wildman–Crippen MR) is 119 cm³/mol. The third-order valence-electron chi connectivity index (χ3n) is 5.16. The monoisotopic (exact) mass is 443 g/mol. The maximum Gasteiger partial charge on any atom is 0.261 e. The number of aromatic nitrogens is 1. The van der Waals surface area contributed by atoms with Gasteiger partial charge in [0.2, 0.25) is 0 Å². The number of hydrogen-bond acceptors (Lipinski definition) is 3. The lowest BCUT2D eigenvalue weighted by Crippen LogP contribution is -2.14. The Hall–Kier alpha value is -2.77. The number of carbonyl (C=O) groups is 1. The van der Waals surface area contributed by atoms with Gasteiger partial charge in [-0.2, -0.15) is 0 Å². The van der Waals surface area contributed by atoms with Gasteiger partial charge >= 0.3 is 0 Å². The van der Waals surface area contributed by atoms with Gasteiger partial charge < -0.3 is 9.88 Å². The molecule has 0 saturated heterocycles. The maximum atomic E-state index is 12.7. The van der Waals surface area contributed by atoms with E-state index in [1.807, 2.05) is 19.9 Å². The summed E-state index contributed by atoms with van der Waals surface area (Å²) in [6, 6.07) is 14.9. The molecule has 156 valence electrons. The van der Waals surface area contributed by atoms with Crippen molar-refractivity contribution >= 4 is 38.9 Å². The summed E-state index contributed by atoms with van der Waals surface area (Å²) in [4.78, 5) is 12.8. The van der Waals surface area contributed by atoms with Gasteiger partial charge in [0.1, 0.15) is 0 Å². The van der Waals surface area contributed by atoms with E-state index >= 15 is 0 Å². The summed E-state index contributed by atoms with van der Waals surface area (Å²) in [5.74, 6) is -0.204. The van der Waals surface area contributed by atoms with E-state index in [-0.39, 0.29) is 10.8 Å². The number of amides is 1. The lowest BCUT2D eigenvalue weighted by molar-refractivity contribution is 0.102. The van der Waals surface area contributed by atoms with Gasteiger partial charge in [0.05, 0.1) is 10.5 Å². The highest BCUT2D eigenvalue weighted by Gasteiger charge is 2.28. The highest BCUT2D eigenvalue weighted by molar-refractivity contribution is 7.92. The van der Waals surface area contributed by atoms with Crippen LogP contribution in [0.4, 0.5) is 11.4 Å². The molecule has 1 fully saturated rings. The number of carbonyl (C=O) groups excluding carboxylic acids is 1. The largest absolute Gasteiger partial charge is 0.345 e. The molecule has 0 radical (unpaired) electrons. The first-order valence-corrected chi connectivity index (χ1v) is 11.5. The number of sulfonamides is 1. The molecule has 0 atom stereocenters. The highest BCUT2D eigenvalue weighted by atomic mass is 35.5. The third kappa shape index (κ3) is 4.22. The van der Waals surface area contributed by atoms with Crippen LogP contribution in [0.15, 0.2) is 59.5 Å². The number of aryl methyl sites for hydroxylation is 1. The maximum absolute atomic E-state index is 12.7. The van der Waals surface area contributed by atoms with Crippen molar-refractivity contribution in [2.75, 3.05) is 10.0 Å². The molecule has 30 heavy (non-hydrogen) atoms. The Morgan fingerprint density at radius 3 is 2.20 bits per heavy atom. The summed E-state index contributed by atoms with van der Waals surface area (Å²) in [5.41, 5.74) is 3.62. The minimum absolute atomic E-state index is 0.0994. The normalized spacial score (nSPS) is 13.8. The number of halogens is 1. The van der Waals surface area contributed by atoms with Crippen LogP contribution < -0.4 is 10.0 Å². The Morgan fingerprint density at radius 1 is 1.00 bits per heavy atom. The van der Waals surface area contributed by atoms with Gasteiger partial charge in [-0.1, -0.05) is 11.6 Å². The number of hydrogen-bond donors (Lipinski definition) is 2. The molecule has 4 rings (SSSR count). The van der Waals surface area contributed by atoms with E-state index < -0.39 is 10.0 Å². The topological polar surface area (TPSA) is 80.2 Å². The van der Waals surface area contributed by atoms with Gasteiger partial charge in [0, 0.05) is 33.8 Å². The van der Waals surface area contributed by atoms with Gasteiger partial charge in [0.15, 0.2) is 0 Å². The van der Waals surface area contributed by atoms with Crippen LogP contribution >= 0.6 is 11.6 Å². The summed E-state index contributed by atoms with van der Waals surface area (Å²) in [7, 11) is -3.74. The molecule has 1 amide bonds. The second-order valence-electron chi connectivity index (χ2n) is 7.48. The SMILES string of the molecule is Cc1cc(C(=O)Nc2ccc(S(=O)(=O)Nc3ccc(Cl)cc3)cc2)c(C)n1C1CC1. The van der Waals surface area contributed by atoms with E-state index in [0.29, 0.717) is 28.0 Å². The molecule has 8 heteroatoms. The van der Waals surface area contributed by atoms with E-state index in [9.17, 15) is 13.2 Å². The first kappa shape index (κ1) is 20.5. The first-order valence-electron chi connectivity index (χ1n) is 9.63. The van der Waals surface area contributed by atoms with Crippen LogP contribution in [-0.2, 0) is 10.0 Å². The molecule has 0 bridgehead atoms. The Labute approximate surface area is 180 Å². The van der Waals surface area contributed by atoms with Crippen LogP contribution in [-0.4, -0.2) is 18.9 Å². The van der Waals surface area contributed by atoms with Crippen LogP contribution in [0.3, 0.4) is 0 Å². The molecule has 0 aliphatic heterocycles. The number of rotatable bonds is 6. The molecule has 0 unspecified atom stereocenters. The van der Waals surface area contributed by atoms with Gasteiger partial charge in [-0.3, -0.25) is 9.52 Å². The van der Waals surface area contributed by atoms with Crippen LogP contribution in [0.1, 0.15) is 40.6 Å². The Kier molecular flexibility index (Phi) is 5.34. The van der Waals surface area contributed by atoms with E-state index in [2.05, 4.69) is 14.6 Å². The molecule has 3 aromatic rings. The van der Waals surface area contributed by atoms with Crippen molar-refractivity contribution < 1.29 is 13.2 Å². The molecule has 6 nitrogen and oxygen atoms in total. The van der Waals surface area contributed by atoms with Crippen molar-refractivity contribution in [3.8, 4) is 0 Å². The molecule has 1 aliphatic rings. The number of benzene rings is 2. The fraction of sp³-hybridized carbons (Fsp3) is 0.227. The zero-order chi connectivity index (χ0) is 21.5. The average Bonchev–Trinajstić information content (AvgIpc) is 3.48. The summed E-state index contributed by atoms with van der Waals surface area (Å²) < 4.78 is 29.8. The molecule has 0 spiro atoms. The van der Waals surface area contributed by atoms with E-state index in [0.717, 1.165) is 24.2 Å². The lowest BCUT2D eigenvalue weighted by atomic mass is 10.2. The van der Waals surface area contributed by atoms with Crippen LogP contribution in [0, 0.1) is 13.8 Å². The van der Waals surface area contributed by atoms with E-state index in [1.54, 1.807) is 36.4 Å². The summed E-state index contributed by atoms with van der Waals surface area (Å²) >= 11 is 5.83. The van der Waals surface area contributed by atoms with Gasteiger partial charge in [-0.05, 0) is 81.3 Å². The third-order valence-corrected chi connectivity index (χ3v) is 6.81. The lowest BCUT2D eigenvalue weighted by Gasteiger charge is -2.10. The van der Waals surface area contributed by atoms with Crippen LogP contribution in [0.25, 0.3) is 0 Å². The predicted octanol–water partition coefficient (Wildman–Crippen LogP) is 5.15. The fourth-order valence-corrected chi connectivity index (χ4v) is 4.73. The first-order chi connectivity index (χ1) is 14.2. The Balaban J connectivity index is 1.47. The zero-order valence-electron chi connectivity index (χ0n) is 16.6. The molecule has 1 heterocycles. The van der Waals surface area contributed by atoms with Gasteiger partial charge in [-0.25, -0.2) is 8.42 Å². The van der Waals surface area contributed by atoms with Crippen molar-refractivity contribution in [2.45, 2.75) is 37.6 Å². The molecule has 1 aromatic heterocycles.